The maximum atomic E-state index is 12.6. The van der Waals surface area contributed by atoms with Gasteiger partial charge < -0.3 is 10.0 Å². The Bertz CT molecular complexity index is 536. The van der Waals surface area contributed by atoms with E-state index < -0.39 is 5.97 Å². The van der Waals surface area contributed by atoms with Gasteiger partial charge in [0.25, 0.3) is 5.91 Å². The first-order valence-electron chi connectivity index (χ1n) is 7.45. The summed E-state index contributed by atoms with van der Waals surface area (Å²) in [4.78, 5) is 25.2. The van der Waals surface area contributed by atoms with E-state index in [1.165, 1.54) is 0 Å². The topological polar surface area (TPSA) is 75.4 Å². The lowest BCUT2D eigenvalue weighted by molar-refractivity contribution is -0.137. The number of aliphatic carboxylic acids is 1. The number of carbonyl (C=O) groups excluding carboxylic acids is 1. The average molecular weight is 293 g/mol. The summed E-state index contributed by atoms with van der Waals surface area (Å²) in [5, 5.41) is 13.2. The molecule has 1 amide bonds. The molecule has 0 spiro atoms. The van der Waals surface area contributed by atoms with Crippen molar-refractivity contribution in [2.24, 2.45) is 5.92 Å². The van der Waals surface area contributed by atoms with Crippen molar-refractivity contribution < 1.29 is 14.7 Å². The largest absolute Gasteiger partial charge is 0.481 e. The molecule has 1 N–H and O–H groups in total. The first kappa shape index (κ1) is 15.5. The van der Waals surface area contributed by atoms with Crippen molar-refractivity contribution in [3.05, 3.63) is 17.5 Å². The molecule has 1 aliphatic rings. The molecule has 2 heterocycles. The SMILES string of the molecule is Cc1c(C(=O)N2CCCC2CC(=O)O)cnn1CC(C)C. The molecule has 21 heavy (non-hydrogen) atoms. The second-order valence-corrected chi connectivity index (χ2v) is 6.11. The van der Waals surface area contributed by atoms with Crippen molar-refractivity contribution in [3.63, 3.8) is 0 Å². The Morgan fingerprint density at radius 2 is 2.19 bits per heavy atom. The molecule has 2 rings (SSSR count). The summed E-state index contributed by atoms with van der Waals surface area (Å²) in [5.41, 5.74) is 1.45. The van der Waals surface area contributed by atoms with E-state index in [0.29, 0.717) is 18.0 Å². The third-order valence-electron chi connectivity index (χ3n) is 3.92. The number of carboxylic acids is 1. The summed E-state index contributed by atoms with van der Waals surface area (Å²) < 4.78 is 1.85. The van der Waals surface area contributed by atoms with Crippen molar-refractivity contribution in [3.8, 4) is 0 Å². The van der Waals surface area contributed by atoms with Crippen LogP contribution in [0.15, 0.2) is 6.20 Å². The van der Waals surface area contributed by atoms with Gasteiger partial charge in [-0.2, -0.15) is 5.10 Å². The molecule has 1 aromatic rings. The van der Waals surface area contributed by atoms with Gasteiger partial charge in [0.05, 0.1) is 18.2 Å². The van der Waals surface area contributed by atoms with E-state index in [4.69, 9.17) is 5.11 Å². The first-order valence-corrected chi connectivity index (χ1v) is 7.45. The highest BCUT2D eigenvalue weighted by molar-refractivity contribution is 5.95. The molecular formula is C15H23N3O3. The molecule has 6 heteroatoms. The number of carbonyl (C=O) groups is 2. The zero-order valence-electron chi connectivity index (χ0n) is 12.9. The molecule has 0 bridgehead atoms. The fraction of sp³-hybridized carbons (Fsp3) is 0.667. The van der Waals surface area contributed by atoms with E-state index >= 15 is 0 Å². The van der Waals surface area contributed by atoms with Gasteiger partial charge in [-0.05, 0) is 25.7 Å². The molecule has 0 aliphatic carbocycles. The second kappa shape index (κ2) is 6.28. The van der Waals surface area contributed by atoms with Crippen molar-refractivity contribution in [2.75, 3.05) is 6.54 Å². The van der Waals surface area contributed by atoms with Crippen molar-refractivity contribution in [2.45, 2.75) is 52.6 Å². The molecule has 116 valence electrons. The summed E-state index contributed by atoms with van der Waals surface area (Å²) in [6, 6.07) is -0.192. The van der Waals surface area contributed by atoms with Crippen molar-refractivity contribution >= 4 is 11.9 Å². The first-order chi connectivity index (χ1) is 9.90. The van der Waals surface area contributed by atoms with Gasteiger partial charge >= 0.3 is 5.97 Å². The van der Waals surface area contributed by atoms with Gasteiger partial charge in [-0.25, -0.2) is 0 Å². The van der Waals surface area contributed by atoms with Crippen LogP contribution in [0.5, 0.6) is 0 Å². The Kier molecular flexibility index (Phi) is 4.65. The normalized spacial score (nSPS) is 18.5. The smallest absolute Gasteiger partial charge is 0.305 e. The van der Waals surface area contributed by atoms with E-state index in [1.807, 2.05) is 11.6 Å². The summed E-state index contributed by atoms with van der Waals surface area (Å²) in [5.74, 6) is -0.490. The zero-order chi connectivity index (χ0) is 15.6. The number of likely N-dealkylation sites (tertiary alicyclic amines) is 1. The van der Waals surface area contributed by atoms with Crippen LogP contribution in [0.2, 0.25) is 0 Å². The predicted octanol–water partition coefficient (Wildman–Crippen LogP) is 1.93. The lowest BCUT2D eigenvalue weighted by Gasteiger charge is -2.23. The number of nitrogens with zero attached hydrogens (tertiary/aromatic N) is 3. The quantitative estimate of drug-likeness (QED) is 0.900. The number of carboxylic acid groups (broad SMARTS) is 1. The van der Waals surface area contributed by atoms with Crippen LogP contribution < -0.4 is 0 Å². The molecule has 1 aromatic heterocycles. The highest BCUT2D eigenvalue weighted by atomic mass is 16.4. The minimum absolute atomic E-state index is 0.0188. The van der Waals surface area contributed by atoms with Gasteiger partial charge in [0.15, 0.2) is 0 Å². The van der Waals surface area contributed by atoms with E-state index in [0.717, 1.165) is 25.1 Å². The number of hydrogen-bond acceptors (Lipinski definition) is 3. The van der Waals surface area contributed by atoms with Gasteiger partial charge in [-0.1, -0.05) is 13.8 Å². The van der Waals surface area contributed by atoms with Crippen LogP contribution in [0.3, 0.4) is 0 Å². The molecule has 0 saturated carbocycles. The van der Waals surface area contributed by atoms with E-state index in [1.54, 1.807) is 11.1 Å². The Labute approximate surface area is 124 Å². The van der Waals surface area contributed by atoms with Crippen LogP contribution in [0.1, 0.15) is 49.2 Å². The average Bonchev–Trinajstić information content (AvgIpc) is 2.96. The maximum Gasteiger partial charge on any atom is 0.305 e. The van der Waals surface area contributed by atoms with Gasteiger partial charge in [-0.3, -0.25) is 14.3 Å². The van der Waals surface area contributed by atoms with Gasteiger partial charge in [0, 0.05) is 24.8 Å². The second-order valence-electron chi connectivity index (χ2n) is 6.11. The molecule has 1 unspecified atom stereocenters. The van der Waals surface area contributed by atoms with Gasteiger partial charge in [0.2, 0.25) is 0 Å². The maximum absolute atomic E-state index is 12.6. The lowest BCUT2D eigenvalue weighted by Crippen LogP contribution is -2.37. The Morgan fingerprint density at radius 1 is 1.48 bits per heavy atom. The fourth-order valence-electron chi connectivity index (χ4n) is 2.86. The third kappa shape index (κ3) is 3.43. The molecule has 1 saturated heterocycles. The van der Waals surface area contributed by atoms with Crippen LogP contribution in [-0.2, 0) is 11.3 Å². The molecular weight excluding hydrogens is 270 g/mol. The van der Waals surface area contributed by atoms with Crippen molar-refractivity contribution in [1.29, 1.82) is 0 Å². The number of rotatable bonds is 5. The Hall–Kier alpha value is -1.85. The lowest BCUT2D eigenvalue weighted by atomic mass is 10.1. The molecule has 0 radical (unpaired) electrons. The fourth-order valence-corrected chi connectivity index (χ4v) is 2.86. The minimum Gasteiger partial charge on any atom is -0.481 e. The monoisotopic (exact) mass is 293 g/mol. The van der Waals surface area contributed by atoms with Crippen LogP contribution >= 0.6 is 0 Å². The van der Waals surface area contributed by atoms with Gasteiger partial charge in [-0.15, -0.1) is 0 Å². The molecule has 1 fully saturated rings. The van der Waals surface area contributed by atoms with E-state index in [-0.39, 0.29) is 18.4 Å². The van der Waals surface area contributed by atoms with Crippen LogP contribution in [0, 0.1) is 12.8 Å². The minimum atomic E-state index is -0.855. The van der Waals surface area contributed by atoms with Crippen molar-refractivity contribution in [1.82, 2.24) is 14.7 Å². The standard InChI is InChI=1S/C15H23N3O3/c1-10(2)9-18-11(3)13(8-16-18)15(21)17-6-4-5-12(17)7-14(19)20/h8,10,12H,4-7,9H2,1-3H3,(H,19,20). The summed E-state index contributed by atoms with van der Waals surface area (Å²) in [6.07, 6.45) is 3.25. The molecule has 0 aromatic carbocycles. The number of amides is 1. The van der Waals surface area contributed by atoms with Crippen LogP contribution in [0.4, 0.5) is 0 Å². The summed E-state index contributed by atoms with van der Waals surface area (Å²) in [7, 11) is 0. The Morgan fingerprint density at radius 3 is 2.81 bits per heavy atom. The summed E-state index contributed by atoms with van der Waals surface area (Å²) in [6.45, 7) is 7.51. The molecule has 6 nitrogen and oxygen atoms in total. The van der Waals surface area contributed by atoms with Crippen LogP contribution in [-0.4, -0.2) is 44.3 Å². The molecule has 1 atom stereocenters. The van der Waals surface area contributed by atoms with E-state index in [2.05, 4.69) is 18.9 Å². The number of hydrogen-bond donors (Lipinski definition) is 1. The number of aromatic nitrogens is 2. The summed E-state index contributed by atoms with van der Waals surface area (Å²) >= 11 is 0. The van der Waals surface area contributed by atoms with Gasteiger partial charge in [0.1, 0.15) is 0 Å². The third-order valence-corrected chi connectivity index (χ3v) is 3.92. The zero-order valence-corrected chi connectivity index (χ0v) is 12.9. The Balaban J connectivity index is 2.16. The highest BCUT2D eigenvalue weighted by Crippen LogP contribution is 2.23. The highest BCUT2D eigenvalue weighted by Gasteiger charge is 2.32. The van der Waals surface area contributed by atoms with E-state index in [9.17, 15) is 9.59 Å². The molecule has 1 aliphatic heterocycles. The predicted molar refractivity (Wildman–Crippen MR) is 78.1 cm³/mol. The van der Waals surface area contributed by atoms with Crippen LogP contribution in [0.25, 0.3) is 0 Å².